The summed E-state index contributed by atoms with van der Waals surface area (Å²) >= 11 is 0. The molecule has 0 saturated carbocycles. The van der Waals surface area contributed by atoms with E-state index in [0.717, 1.165) is 36.9 Å². The van der Waals surface area contributed by atoms with E-state index in [0.29, 0.717) is 5.75 Å². The highest BCUT2D eigenvalue weighted by Crippen LogP contribution is 2.33. The minimum Gasteiger partial charge on any atom is -0.454 e. The van der Waals surface area contributed by atoms with Gasteiger partial charge in [-0.3, -0.25) is 4.79 Å². The van der Waals surface area contributed by atoms with Gasteiger partial charge in [-0.05, 0) is 50.0 Å². The highest BCUT2D eigenvalue weighted by atomic mass is 16.7. The minimum atomic E-state index is 0.0128. The Bertz CT molecular complexity index is 521. The van der Waals surface area contributed by atoms with E-state index in [2.05, 4.69) is 11.8 Å². The van der Waals surface area contributed by atoms with Crippen molar-refractivity contribution in [3.8, 4) is 11.5 Å². The molecule has 4 nitrogen and oxygen atoms in total. The summed E-state index contributed by atoms with van der Waals surface area (Å²) < 4.78 is 10.6. The monoisotopic (exact) mass is 289 g/mol. The molecule has 4 heteroatoms. The zero-order chi connectivity index (χ0) is 14.8. The summed E-state index contributed by atoms with van der Waals surface area (Å²) in [6.45, 7) is 7.64. The summed E-state index contributed by atoms with van der Waals surface area (Å²) in [4.78, 5) is 15.0. The number of likely N-dealkylation sites (tertiary alicyclic amines) is 1. The second-order valence-electron chi connectivity index (χ2n) is 6.32. The molecule has 0 N–H and O–H groups in total. The van der Waals surface area contributed by atoms with Crippen LogP contribution in [0.5, 0.6) is 11.5 Å². The molecule has 0 radical (unpaired) electrons. The van der Waals surface area contributed by atoms with Gasteiger partial charge < -0.3 is 14.4 Å². The first kappa shape index (κ1) is 14.4. The number of benzene rings is 1. The van der Waals surface area contributed by atoms with Crippen LogP contribution in [0.4, 0.5) is 0 Å². The smallest absolute Gasteiger partial charge is 0.231 e. The second-order valence-corrected chi connectivity index (χ2v) is 6.32. The molecular formula is C17H23NO3. The number of nitrogens with zero attached hydrogens (tertiary/aromatic N) is 1. The third-order valence-corrected chi connectivity index (χ3v) is 4.51. The van der Waals surface area contributed by atoms with Crippen molar-refractivity contribution in [1.82, 2.24) is 4.90 Å². The maximum Gasteiger partial charge on any atom is 0.231 e. The quantitative estimate of drug-likeness (QED) is 0.799. The Labute approximate surface area is 126 Å². The van der Waals surface area contributed by atoms with Gasteiger partial charge in [0, 0.05) is 18.0 Å². The first-order valence-electron chi connectivity index (χ1n) is 7.79. The molecule has 1 atom stereocenters. The van der Waals surface area contributed by atoms with Crippen molar-refractivity contribution in [3.05, 3.63) is 23.8 Å². The topological polar surface area (TPSA) is 38.8 Å². The van der Waals surface area contributed by atoms with E-state index in [4.69, 9.17) is 9.47 Å². The van der Waals surface area contributed by atoms with Crippen LogP contribution < -0.4 is 9.47 Å². The fraction of sp³-hybridized carbons (Fsp3) is 0.588. The third-order valence-electron chi connectivity index (χ3n) is 4.51. The van der Waals surface area contributed by atoms with Crippen LogP contribution in [-0.2, 0) is 0 Å². The molecule has 1 aromatic carbocycles. The molecule has 2 aliphatic rings. The molecule has 0 aliphatic carbocycles. The molecule has 1 unspecified atom stereocenters. The van der Waals surface area contributed by atoms with Crippen LogP contribution in [-0.4, -0.2) is 37.1 Å². The molecule has 114 valence electrons. The Morgan fingerprint density at radius 2 is 2.00 bits per heavy atom. The number of piperidine rings is 1. The van der Waals surface area contributed by atoms with Crippen LogP contribution in [0.15, 0.2) is 18.2 Å². The number of hydrogen-bond acceptors (Lipinski definition) is 4. The van der Waals surface area contributed by atoms with Crippen molar-refractivity contribution in [2.45, 2.75) is 26.7 Å². The van der Waals surface area contributed by atoms with E-state index in [1.807, 2.05) is 19.1 Å². The fourth-order valence-corrected chi connectivity index (χ4v) is 3.05. The molecular weight excluding hydrogens is 266 g/mol. The summed E-state index contributed by atoms with van der Waals surface area (Å²) in [5, 5.41) is 0. The number of fused-ring (bicyclic) bond motifs is 1. The summed E-state index contributed by atoms with van der Waals surface area (Å²) in [7, 11) is 0. The van der Waals surface area contributed by atoms with E-state index in [1.54, 1.807) is 6.07 Å². The van der Waals surface area contributed by atoms with E-state index >= 15 is 0 Å². The highest BCUT2D eigenvalue weighted by Gasteiger charge is 2.23. The average molecular weight is 289 g/mol. The standard InChI is InChI=1S/C17H23NO3/c1-12-5-7-18(8-6-12)10-13(2)17(19)14-3-4-15-16(9-14)21-11-20-15/h3-4,9,12-13H,5-8,10-11H2,1-2H3. The molecule has 0 aromatic heterocycles. The molecule has 0 amide bonds. The first-order valence-corrected chi connectivity index (χ1v) is 7.79. The number of carbonyl (C=O) groups is 1. The number of hydrogen-bond donors (Lipinski definition) is 0. The Hall–Kier alpha value is -1.55. The summed E-state index contributed by atoms with van der Waals surface area (Å²) in [6, 6.07) is 5.47. The van der Waals surface area contributed by atoms with Gasteiger partial charge in [-0.1, -0.05) is 13.8 Å². The lowest BCUT2D eigenvalue weighted by atomic mass is 9.95. The summed E-state index contributed by atoms with van der Waals surface area (Å²) in [6.07, 6.45) is 2.48. The van der Waals surface area contributed by atoms with Gasteiger partial charge in [-0.25, -0.2) is 0 Å². The zero-order valence-corrected chi connectivity index (χ0v) is 12.8. The van der Waals surface area contributed by atoms with Crippen molar-refractivity contribution in [1.29, 1.82) is 0 Å². The fourth-order valence-electron chi connectivity index (χ4n) is 3.05. The molecule has 1 aromatic rings. The van der Waals surface area contributed by atoms with Gasteiger partial charge in [-0.15, -0.1) is 0 Å². The Balaban J connectivity index is 1.62. The van der Waals surface area contributed by atoms with Crippen LogP contribution in [0, 0.1) is 11.8 Å². The molecule has 0 spiro atoms. The SMILES string of the molecule is CC1CCN(CC(C)C(=O)c2ccc3c(c2)OCO3)CC1. The number of ether oxygens (including phenoxy) is 2. The lowest BCUT2D eigenvalue weighted by Gasteiger charge is -2.31. The maximum absolute atomic E-state index is 12.6. The van der Waals surface area contributed by atoms with E-state index in [9.17, 15) is 4.79 Å². The molecule has 1 saturated heterocycles. The molecule has 1 fully saturated rings. The van der Waals surface area contributed by atoms with Crippen molar-refractivity contribution in [3.63, 3.8) is 0 Å². The number of ketones is 1. The lowest BCUT2D eigenvalue weighted by Crippen LogP contribution is -2.37. The first-order chi connectivity index (χ1) is 10.1. The minimum absolute atomic E-state index is 0.0128. The average Bonchev–Trinajstić information content (AvgIpc) is 2.96. The van der Waals surface area contributed by atoms with Gasteiger partial charge in [0.1, 0.15) is 0 Å². The second kappa shape index (κ2) is 6.06. The number of rotatable bonds is 4. The Morgan fingerprint density at radius 1 is 1.29 bits per heavy atom. The zero-order valence-electron chi connectivity index (χ0n) is 12.8. The summed E-state index contributed by atoms with van der Waals surface area (Å²) in [5.74, 6) is 2.43. The molecule has 21 heavy (non-hydrogen) atoms. The van der Waals surface area contributed by atoms with Crippen LogP contribution in [0.25, 0.3) is 0 Å². The van der Waals surface area contributed by atoms with Gasteiger partial charge >= 0.3 is 0 Å². The van der Waals surface area contributed by atoms with Crippen molar-refractivity contribution >= 4 is 5.78 Å². The predicted octanol–water partition coefficient (Wildman–Crippen LogP) is 2.97. The number of Topliss-reactive ketones (excluding diaryl/α,β-unsaturated/α-hetero) is 1. The highest BCUT2D eigenvalue weighted by molar-refractivity contribution is 5.98. The Morgan fingerprint density at radius 3 is 2.76 bits per heavy atom. The van der Waals surface area contributed by atoms with Crippen LogP contribution in [0.2, 0.25) is 0 Å². The molecule has 0 bridgehead atoms. The van der Waals surface area contributed by atoms with Crippen molar-refractivity contribution in [2.24, 2.45) is 11.8 Å². The number of carbonyl (C=O) groups excluding carboxylic acids is 1. The molecule has 3 rings (SSSR count). The van der Waals surface area contributed by atoms with Crippen LogP contribution in [0.3, 0.4) is 0 Å². The van der Waals surface area contributed by atoms with E-state index in [1.165, 1.54) is 12.8 Å². The van der Waals surface area contributed by atoms with E-state index in [-0.39, 0.29) is 18.5 Å². The summed E-state index contributed by atoms with van der Waals surface area (Å²) in [5.41, 5.74) is 0.720. The van der Waals surface area contributed by atoms with Crippen molar-refractivity contribution in [2.75, 3.05) is 26.4 Å². The van der Waals surface area contributed by atoms with E-state index < -0.39 is 0 Å². The van der Waals surface area contributed by atoms with Gasteiger partial charge in [-0.2, -0.15) is 0 Å². The maximum atomic E-state index is 12.6. The largest absolute Gasteiger partial charge is 0.454 e. The van der Waals surface area contributed by atoms with Gasteiger partial charge in [0.25, 0.3) is 0 Å². The van der Waals surface area contributed by atoms with Gasteiger partial charge in [0.2, 0.25) is 6.79 Å². The Kier molecular flexibility index (Phi) is 4.15. The molecule has 2 aliphatic heterocycles. The third kappa shape index (κ3) is 3.21. The normalized spacial score (nSPS) is 20.5. The van der Waals surface area contributed by atoms with Gasteiger partial charge in [0.15, 0.2) is 17.3 Å². The predicted molar refractivity (Wildman–Crippen MR) is 80.9 cm³/mol. The van der Waals surface area contributed by atoms with Crippen LogP contribution in [0.1, 0.15) is 37.0 Å². The van der Waals surface area contributed by atoms with Crippen LogP contribution >= 0.6 is 0 Å². The molecule has 2 heterocycles. The van der Waals surface area contributed by atoms with Gasteiger partial charge in [0.05, 0.1) is 0 Å². The lowest BCUT2D eigenvalue weighted by molar-refractivity contribution is 0.0872. The van der Waals surface area contributed by atoms with Crippen molar-refractivity contribution < 1.29 is 14.3 Å².